The summed E-state index contributed by atoms with van der Waals surface area (Å²) in [5, 5.41) is 0.553. The Balaban J connectivity index is 2.53. The molecule has 0 bridgehead atoms. The van der Waals surface area contributed by atoms with Crippen molar-refractivity contribution < 1.29 is 14.3 Å². The van der Waals surface area contributed by atoms with Crippen LogP contribution in [-0.4, -0.2) is 34.6 Å². The van der Waals surface area contributed by atoms with Gasteiger partial charge in [0.05, 0.1) is 12.9 Å². The Hall–Kier alpha value is -1.30. The van der Waals surface area contributed by atoms with Gasteiger partial charge in [0.2, 0.25) is 0 Å². The van der Waals surface area contributed by atoms with Gasteiger partial charge < -0.3 is 9.72 Å². The average molecular weight is 228 g/mol. The van der Waals surface area contributed by atoms with Gasteiger partial charge in [0.1, 0.15) is 5.78 Å². The highest BCUT2D eigenvalue weighted by molar-refractivity contribution is 7.99. The van der Waals surface area contributed by atoms with Gasteiger partial charge in [-0.1, -0.05) is 18.7 Å². The normalized spacial score (nSPS) is 10.0. The first-order chi connectivity index (χ1) is 7.17. The Morgan fingerprint density at radius 1 is 1.60 bits per heavy atom. The van der Waals surface area contributed by atoms with E-state index in [1.165, 1.54) is 25.1 Å². The Morgan fingerprint density at radius 2 is 2.33 bits per heavy atom. The molecule has 82 valence electrons. The molecule has 0 saturated heterocycles. The molecule has 0 aromatic carbocycles. The van der Waals surface area contributed by atoms with Crippen LogP contribution in [0.15, 0.2) is 11.4 Å². The summed E-state index contributed by atoms with van der Waals surface area (Å²) in [7, 11) is 1.30. The van der Waals surface area contributed by atoms with Crippen molar-refractivity contribution in [1.29, 1.82) is 0 Å². The number of hydrogen-bond donors (Lipinski definition) is 1. The molecular weight excluding hydrogens is 216 g/mol. The van der Waals surface area contributed by atoms with Crippen LogP contribution in [0.1, 0.15) is 23.8 Å². The Bertz CT molecular complexity index is 362. The first kappa shape index (κ1) is 11.8. The van der Waals surface area contributed by atoms with Crippen molar-refractivity contribution in [3.63, 3.8) is 0 Å². The smallest absolute Gasteiger partial charge is 0.358 e. The van der Waals surface area contributed by atoms with Crippen LogP contribution >= 0.6 is 11.8 Å². The van der Waals surface area contributed by atoms with Crippen LogP contribution in [0, 0.1) is 0 Å². The fourth-order valence-electron chi connectivity index (χ4n) is 0.838. The minimum Gasteiger partial charge on any atom is -0.464 e. The number of hydrogen-bond acceptors (Lipinski definition) is 5. The van der Waals surface area contributed by atoms with E-state index < -0.39 is 5.97 Å². The summed E-state index contributed by atoms with van der Waals surface area (Å²) in [5.41, 5.74) is 0.226. The molecule has 15 heavy (non-hydrogen) atoms. The van der Waals surface area contributed by atoms with E-state index in [-0.39, 0.29) is 11.5 Å². The van der Waals surface area contributed by atoms with Crippen molar-refractivity contribution in [1.82, 2.24) is 9.97 Å². The third-order valence-electron chi connectivity index (χ3n) is 1.71. The number of aromatic amines is 1. The van der Waals surface area contributed by atoms with Crippen LogP contribution in [0.2, 0.25) is 0 Å². The third-order valence-corrected chi connectivity index (χ3v) is 2.66. The second kappa shape index (κ2) is 5.55. The molecule has 0 saturated carbocycles. The molecule has 0 radical (unpaired) electrons. The number of carbonyl (C=O) groups is 2. The second-order valence-corrected chi connectivity index (χ2v) is 3.73. The number of ketones is 1. The SMILES string of the molecule is CCC(=O)CSc1nc(C(=O)OC)c[nH]1. The number of aromatic nitrogens is 2. The van der Waals surface area contributed by atoms with Gasteiger partial charge in [0.15, 0.2) is 10.9 Å². The molecule has 6 heteroatoms. The largest absolute Gasteiger partial charge is 0.464 e. The number of carbonyl (C=O) groups excluding carboxylic acids is 2. The monoisotopic (exact) mass is 228 g/mol. The molecule has 0 amide bonds. The van der Waals surface area contributed by atoms with Gasteiger partial charge in [0.25, 0.3) is 0 Å². The van der Waals surface area contributed by atoms with Crippen molar-refractivity contribution in [3.8, 4) is 0 Å². The lowest BCUT2D eigenvalue weighted by molar-refractivity contribution is -0.116. The summed E-state index contributed by atoms with van der Waals surface area (Å²) < 4.78 is 4.50. The van der Waals surface area contributed by atoms with Gasteiger partial charge in [-0.15, -0.1) is 0 Å². The van der Waals surface area contributed by atoms with Crippen molar-refractivity contribution >= 4 is 23.5 Å². The van der Waals surface area contributed by atoms with E-state index >= 15 is 0 Å². The molecule has 0 atom stereocenters. The predicted molar refractivity (Wildman–Crippen MR) is 55.9 cm³/mol. The number of thioether (sulfide) groups is 1. The fourth-order valence-corrected chi connectivity index (χ4v) is 1.65. The molecule has 0 aliphatic carbocycles. The molecule has 0 unspecified atom stereocenters. The number of nitrogens with zero attached hydrogens (tertiary/aromatic N) is 1. The van der Waals surface area contributed by atoms with E-state index in [0.717, 1.165) is 0 Å². The maximum absolute atomic E-state index is 11.0. The van der Waals surface area contributed by atoms with E-state index in [2.05, 4.69) is 14.7 Å². The Labute approximate surface area is 91.6 Å². The van der Waals surface area contributed by atoms with Gasteiger partial charge >= 0.3 is 5.97 Å². The summed E-state index contributed by atoms with van der Waals surface area (Å²) in [4.78, 5) is 28.8. The summed E-state index contributed by atoms with van der Waals surface area (Å²) in [5.74, 6) is 0.0286. The molecule has 1 aromatic rings. The predicted octanol–water partition coefficient (Wildman–Crippen LogP) is 1.27. The molecule has 1 N–H and O–H groups in total. The molecule has 0 aliphatic heterocycles. The minimum absolute atomic E-state index is 0.149. The van der Waals surface area contributed by atoms with Crippen molar-refractivity contribution in [2.45, 2.75) is 18.5 Å². The van der Waals surface area contributed by atoms with E-state index in [0.29, 0.717) is 17.3 Å². The molecule has 1 aromatic heterocycles. The van der Waals surface area contributed by atoms with Gasteiger partial charge in [-0.2, -0.15) is 0 Å². The van der Waals surface area contributed by atoms with Crippen molar-refractivity contribution in [3.05, 3.63) is 11.9 Å². The van der Waals surface area contributed by atoms with Gasteiger partial charge in [-0.25, -0.2) is 9.78 Å². The summed E-state index contributed by atoms with van der Waals surface area (Å²) in [6, 6.07) is 0. The molecule has 0 fully saturated rings. The summed E-state index contributed by atoms with van der Waals surface area (Å²) in [6.07, 6.45) is 1.97. The lowest BCUT2D eigenvalue weighted by Crippen LogP contribution is -2.01. The van der Waals surface area contributed by atoms with Gasteiger partial charge in [-0.3, -0.25) is 4.79 Å². The first-order valence-corrected chi connectivity index (χ1v) is 5.44. The van der Waals surface area contributed by atoms with Crippen LogP contribution < -0.4 is 0 Å². The first-order valence-electron chi connectivity index (χ1n) is 4.45. The maximum atomic E-state index is 11.0. The third kappa shape index (κ3) is 3.39. The molecule has 1 rings (SSSR count). The van der Waals surface area contributed by atoms with Crippen LogP contribution in [0.25, 0.3) is 0 Å². The van der Waals surface area contributed by atoms with Crippen molar-refractivity contribution in [2.75, 3.05) is 12.9 Å². The lowest BCUT2D eigenvalue weighted by Gasteiger charge is -1.94. The quantitative estimate of drug-likeness (QED) is 0.607. The minimum atomic E-state index is -0.486. The lowest BCUT2D eigenvalue weighted by atomic mass is 10.4. The van der Waals surface area contributed by atoms with E-state index in [1.807, 2.05) is 6.92 Å². The van der Waals surface area contributed by atoms with Crippen LogP contribution in [0.3, 0.4) is 0 Å². The van der Waals surface area contributed by atoms with Gasteiger partial charge in [0, 0.05) is 12.6 Å². The fraction of sp³-hybridized carbons (Fsp3) is 0.444. The number of ether oxygens (including phenoxy) is 1. The number of H-pyrrole nitrogens is 1. The molecule has 0 aliphatic rings. The maximum Gasteiger partial charge on any atom is 0.358 e. The zero-order chi connectivity index (χ0) is 11.3. The van der Waals surface area contributed by atoms with E-state index in [4.69, 9.17) is 0 Å². The summed E-state index contributed by atoms with van der Waals surface area (Å²) in [6.45, 7) is 1.81. The molecule has 0 spiro atoms. The van der Waals surface area contributed by atoms with E-state index in [1.54, 1.807) is 0 Å². The zero-order valence-electron chi connectivity index (χ0n) is 8.57. The topological polar surface area (TPSA) is 72.1 Å². The number of esters is 1. The standard InChI is InChI=1S/C9H12N2O3S/c1-3-6(12)5-15-9-10-4-7(11-9)8(13)14-2/h4H,3,5H2,1-2H3,(H,10,11). The molecular formula is C9H12N2O3S. The Kier molecular flexibility index (Phi) is 4.36. The summed E-state index contributed by atoms with van der Waals surface area (Å²) >= 11 is 1.28. The number of Topliss-reactive ketones (excluding diaryl/α,β-unsaturated/α-hetero) is 1. The molecule has 1 heterocycles. The van der Waals surface area contributed by atoms with E-state index in [9.17, 15) is 9.59 Å². The van der Waals surface area contributed by atoms with Crippen molar-refractivity contribution in [2.24, 2.45) is 0 Å². The number of methoxy groups -OCH3 is 1. The highest BCUT2D eigenvalue weighted by atomic mass is 32.2. The van der Waals surface area contributed by atoms with Crippen LogP contribution in [0.5, 0.6) is 0 Å². The van der Waals surface area contributed by atoms with Crippen LogP contribution in [-0.2, 0) is 9.53 Å². The second-order valence-electron chi connectivity index (χ2n) is 2.76. The highest BCUT2D eigenvalue weighted by Crippen LogP contribution is 2.14. The number of rotatable bonds is 5. The molecule has 5 nitrogen and oxygen atoms in total. The number of nitrogens with one attached hydrogen (secondary N) is 1. The van der Waals surface area contributed by atoms with Gasteiger partial charge in [-0.05, 0) is 0 Å². The number of imidazole rings is 1. The highest BCUT2D eigenvalue weighted by Gasteiger charge is 2.10. The zero-order valence-corrected chi connectivity index (χ0v) is 9.39. The Morgan fingerprint density at radius 3 is 2.93 bits per heavy atom. The van der Waals surface area contributed by atoms with Crippen LogP contribution in [0.4, 0.5) is 0 Å². The average Bonchev–Trinajstić information content (AvgIpc) is 2.73.